The van der Waals surface area contributed by atoms with Gasteiger partial charge in [-0.3, -0.25) is 4.79 Å². The zero-order chi connectivity index (χ0) is 16.2. The van der Waals surface area contributed by atoms with Crippen molar-refractivity contribution in [2.45, 2.75) is 13.3 Å². The number of aromatic nitrogens is 1. The molecule has 1 aromatic heterocycles. The van der Waals surface area contributed by atoms with E-state index in [2.05, 4.69) is 10.3 Å². The average molecular weight is 331 g/mol. The lowest BCUT2D eigenvalue weighted by Gasteiger charge is -2.10. The van der Waals surface area contributed by atoms with Crippen LogP contribution in [0, 0.1) is 6.92 Å². The van der Waals surface area contributed by atoms with Crippen LogP contribution in [0.1, 0.15) is 20.4 Å². The molecule has 2 heterocycles. The lowest BCUT2D eigenvalue weighted by molar-refractivity contribution is 0.102. The van der Waals surface area contributed by atoms with E-state index in [1.165, 1.54) is 11.3 Å². The maximum absolute atomic E-state index is 12.3. The highest BCUT2D eigenvalue weighted by Gasteiger charge is 2.22. The van der Waals surface area contributed by atoms with Crippen LogP contribution in [0.15, 0.2) is 30.3 Å². The summed E-state index contributed by atoms with van der Waals surface area (Å²) in [6.45, 7) is 3.44. The highest BCUT2D eigenvalue weighted by atomic mass is 32.1. The van der Waals surface area contributed by atoms with Gasteiger partial charge >= 0.3 is 6.09 Å². The van der Waals surface area contributed by atoms with Gasteiger partial charge in [-0.2, -0.15) is 0 Å². The standard InChI is InChI=1S/C16H17N3O3S/c1-11-14(15(20)18-12-5-3-2-4-6-12)23-13(17-11)7-8-19-9-10-22-16(19)21/h2-6H,7-10H2,1H3,(H,18,20). The summed E-state index contributed by atoms with van der Waals surface area (Å²) in [6.07, 6.45) is 0.347. The van der Waals surface area contributed by atoms with Crippen molar-refractivity contribution < 1.29 is 14.3 Å². The molecule has 1 N–H and O–H groups in total. The van der Waals surface area contributed by atoms with E-state index in [9.17, 15) is 9.59 Å². The van der Waals surface area contributed by atoms with E-state index in [-0.39, 0.29) is 12.0 Å². The van der Waals surface area contributed by atoms with E-state index in [4.69, 9.17) is 4.74 Å². The van der Waals surface area contributed by atoms with Gasteiger partial charge in [0.15, 0.2) is 0 Å². The van der Waals surface area contributed by atoms with Gasteiger partial charge in [0.2, 0.25) is 0 Å². The number of cyclic esters (lactones) is 1. The SMILES string of the molecule is Cc1nc(CCN2CCOC2=O)sc1C(=O)Nc1ccccc1. The van der Waals surface area contributed by atoms with Crippen LogP contribution in [0.3, 0.4) is 0 Å². The molecule has 0 radical (unpaired) electrons. The summed E-state index contributed by atoms with van der Waals surface area (Å²) < 4.78 is 4.89. The second-order valence-corrected chi connectivity index (χ2v) is 6.28. The number of para-hydroxylation sites is 1. The lowest BCUT2D eigenvalue weighted by Crippen LogP contribution is -2.26. The van der Waals surface area contributed by atoms with Crippen molar-refractivity contribution >= 4 is 29.0 Å². The monoisotopic (exact) mass is 331 g/mol. The van der Waals surface area contributed by atoms with Crippen LogP contribution >= 0.6 is 11.3 Å². The second kappa shape index (κ2) is 6.78. The molecule has 120 valence electrons. The van der Waals surface area contributed by atoms with Crippen molar-refractivity contribution in [1.82, 2.24) is 9.88 Å². The maximum Gasteiger partial charge on any atom is 0.409 e. The number of rotatable bonds is 5. The van der Waals surface area contributed by atoms with Crippen molar-refractivity contribution in [3.8, 4) is 0 Å². The molecule has 1 aliphatic rings. The summed E-state index contributed by atoms with van der Waals surface area (Å²) in [5.41, 5.74) is 1.47. The van der Waals surface area contributed by atoms with Crippen molar-refractivity contribution in [3.05, 3.63) is 45.9 Å². The van der Waals surface area contributed by atoms with E-state index >= 15 is 0 Å². The number of anilines is 1. The number of benzene rings is 1. The Morgan fingerprint density at radius 2 is 2.17 bits per heavy atom. The zero-order valence-corrected chi connectivity index (χ0v) is 13.6. The minimum Gasteiger partial charge on any atom is -0.448 e. The van der Waals surface area contributed by atoms with Crippen molar-refractivity contribution in [2.24, 2.45) is 0 Å². The van der Waals surface area contributed by atoms with Gasteiger partial charge in [-0.15, -0.1) is 11.3 Å². The first-order valence-electron chi connectivity index (χ1n) is 7.38. The van der Waals surface area contributed by atoms with Gasteiger partial charge in [0, 0.05) is 18.7 Å². The Bertz CT molecular complexity index is 715. The zero-order valence-electron chi connectivity index (χ0n) is 12.7. The Labute approximate surface area is 138 Å². The Morgan fingerprint density at radius 3 is 2.87 bits per heavy atom. The van der Waals surface area contributed by atoms with Crippen LogP contribution in [0.5, 0.6) is 0 Å². The largest absolute Gasteiger partial charge is 0.448 e. The summed E-state index contributed by atoms with van der Waals surface area (Å²) >= 11 is 1.37. The van der Waals surface area contributed by atoms with Crippen LogP contribution in [0.2, 0.25) is 0 Å². The summed E-state index contributed by atoms with van der Waals surface area (Å²) in [5.74, 6) is -0.155. The van der Waals surface area contributed by atoms with Crippen LogP contribution in [-0.2, 0) is 11.2 Å². The number of ether oxygens (including phenoxy) is 1. The summed E-state index contributed by atoms with van der Waals surface area (Å²) in [4.78, 5) is 30.4. The van der Waals surface area contributed by atoms with Gasteiger partial charge in [-0.1, -0.05) is 18.2 Å². The Hall–Kier alpha value is -2.41. The molecular weight excluding hydrogens is 314 g/mol. The summed E-state index contributed by atoms with van der Waals surface area (Å²) in [6, 6.07) is 9.32. The number of nitrogens with one attached hydrogen (secondary N) is 1. The third kappa shape index (κ3) is 3.68. The van der Waals surface area contributed by atoms with Gasteiger partial charge < -0.3 is 15.0 Å². The third-order valence-corrected chi connectivity index (χ3v) is 4.74. The summed E-state index contributed by atoms with van der Waals surface area (Å²) in [7, 11) is 0. The lowest BCUT2D eigenvalue weighted by atomic mass is 10.3. The van der Waals surface area contributed by atoms with E-state index in [1.807, 2.05) is 37.3 Å². The number of carbonyl (C=O) groups excluding carboxylic acids is 2. The second-order valence-electron chi connectivity index (χ2n) is 5.19. The van der Waals surface area contributed by atoms with E-state index in [1.54, 1.807) is 4.90 Å². The molecule has 23 heavy (non-hydrogen) atoms. The number of hydrogen-bond donors (Lipinski definition) is 1. The number of carbonyl (C=O) groups is 2. The molecule has 0 saturated carbocycles. The highest BCUT2D eigenvalue weighted by molar-refractivity contribution is 7.13. The number of aryl methyl sites for hydroxylation is 1. The first kappa shape index (κ1) is 15.5. The molecule has 3 rings (SSSR count). The van der Waals surface area contributed by atoms with Crippen molar-refractivity contribution in [3.63, 3.8) is 0 Å². The topological polar surface area (TPSA) is 71.5 Å². The molecule has 6 nitrogen and oxygen atoms in total. The molecule has 0 spiro atoms. The van der Waals surface area contributed by atoms with E-state index < -0.39 is 0 Å². The fourth-order valence-corrected chi connectivity index (χ4v) is 3.29. The highest BCUT2D eigenvalue weighted by Crippen LogP contribution is 2.21. The Kier molecular flexibility index (Phi) is 4.57. The summed E-state index contributed by atoms with van der Waals surface area (Å²) in [5, 5.41) is 3.71. The average Bonchev–Trinajstić information content (AvgIpc) is 3.12. The van der Waals surface area contributed by atoms with Gasteiger partial charge in [-0.25, -0.2) is 9.78 Å². The molecule has 1 saturated heterocycles. The predicted molar refractivity (Wildman–Crippen MR) is 87.9 cm³/mol. The molecule has 1 fully saturated rings. The molecule has 1 aliphatic heterocycles. The van der Waals surface area contributed by atoms with Gasteiger partial charge in [0.25, 0.3) is 5.91 Å². The van der Waals surface area contributed by atoms with E-state index in [0.29, 0.717) is 36.7 Å². The number of nitrogens with zero attached hydrogens (tertiary/aromatic N) is 2. The van der Waals surface area contributed by atoms with Crippen LogP contribution in [0.4, 0.5) is 10.5 Å². The molecule has 0 unspecified atom stereocenters. The third-order valence-electron chi connectivity index (χ3n) is 3.52. The van der Waals surface area contributed by atoms with E-state index in [0.717, 1.165) is 10.7 Å². The molecule has 7 heteroatoms. The molecule has 2 aromatic rings. The minimum atomic E-state index is -0.277. The van der Waals surface area contributed by atoms with Crippen molar-refractivity contribution in [2.75, 3.05) is 25.0 Å². The van der Waals surface area contributed by atoms with Gasteiger partial charge in [0.05, 0.1) is 17.2 Å². The van der Waals surface area contributed by atoms with Crippen LogP contribution < -0.4 is 5.32 Å². The van der Waals surface area contributed by atoms with Gasteiger partial charge in [-0.05, 0) is 19.1 Å². The molecule has 0 aliphatic carbocycles. The molecule has 2 amide bonds. The number of thiazole rings is 1. The minimum absolute atomic E-state index is 0.155. The quantitative estimate of drug-likeness (QED) is 0.914. The first-order valence-corrected chi connectivity index (χ1v) is 8.19. The fourth-order valence-electron chi connectivity index (χ4n) is 2.34. The molecule has 0 bridgehead atoms. The van der Waals surface area contributed by atoms with Crippen molar-refractivity contribution in [1.29, 1.82) is 0 Å². The molecule has 1 aromatic carbocycles. The molecular formula is C16H17N3O3S. The number of amides is 2. The number of hydrogen-bond acceptors (Lipinski definition) is 5. The Balaban J connectivity index is 1.63. The smallest absolute Gasteiger partial charge is 0.409 e. The normalized spacial score (nSPS) is 14.0. The first-order chi connectivity index (χ1) is 11.1. The Morgan fingerprint density at radius 1 is 1.39 bits per heavy atom. The maximum atomic E-state index is 12.3. The molecule has 0 atom stereocenters. The van der Waals surface area contributed by atoms with Crippen LogP contribution in [-0.4, -0.2) is 41.6 Å². The van der Waals surface area contributed by atoms with Crippen LogP contribution in [0.25, 0.3) is 0 Å². The fraction of sp³-hybridized carbons (Fsp3) is 0.312. The predicted octanol–water partition coefficient (Wildman–Crippen LogP) is 2.70. The van der Waals surface area contributed by atoms with Gasteiger partial charge in [0.1, 0.15) is 11.5 Å².